The molecular weight excluding hydrogens is 261 g/mol. The lowest BCUT2D eigenvalue weighted by atomic mass is 9.35. The van der Waals surface area contributed by atoms with Gasteiger partial charge in [0.1, 0.15) is 23.0 Å². The molecule has 5 rings (SSSR count). The van der Waals surface area contributed by atoms with Crippen molar-refractivity contribution in [1.29, 1.82) is 0 Å². The largest absolute Gasteiger partial charge is 0.458 e. The van der Waals surface area contributed by atoms with Gasteiger partial charge in [0, 0.05) is 17.9 Å². The van der Waals surface area contributed by atoms with E-state index < -0.39 is 0 Å². The Morgan fingerprint density at radius 2 is 1.43 bits per heavy atom. The summed E-state index contributed by atoms with van der Waals surface area (Å²) in [5, 5.41) is 0. The number of nitrogens with zero attached hydrogens (tertiary/aromatic N) is 1. The van der Waals surface area contributed by atoms with Crippen molar-refractivity contribution < 1.29 is 9.47 Å². The molecule has 3 aromatic rings. The Morgan fingerprint density at radius 1 is 0.714 bits per heavy atom. The van der Waals surface area contributed by atoms with E-state index in [1.54, 1.807) is 6.20 Å². The first-order valence-corrected chi connectivity index (χ1v) is 6.93. The summed E-state index contributed by atoms with van der Waals surface area (Å²) in [7, 11) is 0. The van der Waals surface area contributed by atoms with Gasteiger partial charge in [0.2, 0.25) is 0 Å². The van der Waals surface area contributed by atoms with Crippen LogP contribution in [-0.4, -0.2) is 11.7 Å². The van der Waals surface area contributed by atoms with Crippen LogP contribution in [0.5, 0.6) is 23.0 Å². The van der Waals surface area contributed by atoms with Crippen molar-refractivity contribution >= 4 is 23.1 Å². The molecular formula is C17H10BNO2. The fourth-order valence-corrected chi connectivity index (χ4v) is 3.22. The van der Waals surface area contributed by atoms with Crippen LogP contribution in [0.15, 0.2) is 60.9 Å². The number of hydrogen-bond acceptors (Lipinski definition) is 3. The average molecular weight is 271 g/mol. The van der Waals surface area contributed by atoms with Gasteiger partial charge in [-0.2, -0.15) is 0 Å². The summed E-state index contributed by atoms with van der Waals surface area (Å²) < 4.78 is 12.1. The Labute approximate surface area is 122 Å². The van der Waals surface area contributed by atoms with Crippen LogP contribution in [0.4, 0.5) is 0 Å². The number of aromatic nitrogens is 1. The summed E-state index contributed by atoms with van der Waals surface area (Å²) in [6.45, 7) is 0.124. The average Bonchev–Trinajstić information content (AvgIpc) is 2.54. The van der Waals surface area contributed by atoms with Crippen LogP contribution in [0.1, 0.15) is 0 Å². The van der Waals surface area contributed by atoms with E-state index in [0.717, 1.165) is 39.4 Å². The quantitative estimate of drug-likeness (QED) is 0.402. The first-order valence-electron chi connectivity index (χ1n) is 6.93. The first kappa shape index (κ1) is 11.0. The summed E-state index contributed by atoms with van der Waals surface area (Å²) in [5.41, 5.74) is 3.35. The molecule has 0 atom stereocenters. The molecule has 2 aliphatic heterocycles. The van der Waals surface area contributed by atoms with Crippen molar-refractivity contribution in [3.05, 3.63) is 60.9 Å². The first-order chi connectivity index (χ1) is 10.4. The van der Waals surface area contributed by atoms with Crippen LogP contribution in [0, 0.1) is 0 Å². The molecule has 0 spiro atoms. The molecule has 0 amide bonds. The zero-order valence-electron chi connectivity index (χ0n) is 11.1. The molecule has 21 heavy (non-hydrogen) atoms. The minimum Gasteiger partial charge on any atom is -0.458 e. The minimum absolute atomic E-state index is 0.124. The second-order valence-corrected chi connectivity index (χ2v) is 5.26. The maximum atomic E-state index is 6.04. The molecule has 98 valence electrons. The van der Waals surface area contributed by atoms with Gasteiger partial charge in [-0.15, -0.1) is 0 Å². The minimum atomic E-state index is 0.124. The Balaban J connectivity index is 1.88. The number of rotatable bonds is 0. The number of ether oxygens (including phenoxy) is 2. The maximum Gasteiger partial charge on any atom is 0.262 e. The number of fused-ring (bicyclic) bond motifs is 4. The topological polar surface area (TPSA) is 31.4 Å². The van der Waals surface area contributed by atoms with Crippen molar-refractivity contribution in [3.63, 3.8) is 0 Å². The lowest BCUT2D eigenvalue weighted by Gasteiger charge is -2.32. The van der Waals surface area contributed by atoms with Gasteiger partial charge in [0.05, 0.1) is 0 Å². The molecule has 0 aliphatic carbocycles. The number of para-hydroxylation sites is 1. The fourth-order valence-electron chi connectivity index (χ4n) is 3.22. The Kier molecular flexibility index (Phi) is 2.03. The molecule has 4 heteroatoms. The van der Waals surface area contributed by atoms with E-state index in [-0.39, 0.29) is 6.71 Å². The van der Waals surface area contributed by atoms with Crippen LogP contribution in [0.25, 0.3) is 0 Å². The normalized spacial score (nSPS) is 13.4. The second-order valence-electron chi connectivity index (χ2n) is 5.26. The van der Waals surface area contributed by atoms with E-state index in [2.05, 4.69) is 11.1 Å². The van der Waals surface area contributed by atoms with Gasteiger partial charge >= 0.3 is 0 Å². The van der Waals surface area contributed by atoms with Crippen molar-refractivity contribution in [1.82, 2.24) is 4.98 Å². The summed E-state index contributed by atoms with van der Waals surface area (Å²) >= 11 is 0. The predicted molar refractivity (Wildman–Crippen MR) is 81.9 cm³/mol. The number of hydrogen-bond donors (Lipinski definition) is 0. The predicted octanol–water partition coefficient (Wildman–Crippen LogP) is 1.81. The van der Waals surface area contributed by atoms with Gasteiger partial charge < -0.3 is 9.47 Å². The zero-order chi connectivity index (χ0) is 13.8. The Morgan fingerprint density at radius 3 is 2.29 bits per heavy atom. The van der Waals surface area contributed by atoms with E-state index in [9.17, 15) is 0 Å². The SMILES string of the molecule is c1ccc2c(c1)Oc1cccc3c1B2c1cnccc1O3. The fraction of sp³-hybridized carbons (Fsp3) is 0. The molecule has 0 unspecified atom stereocenters. The van der Waals surface area contributed by atoms with Gasteiger partial charge in [0.25, 0.3) is 6.71 Å². The smallest absolute Gasteiger partial charge is 0.262 e. The molecule has 0 fully saturated rings. The standard InChI is InChI=1S/C17H10BNO2/c1-2-5-13-11(4-1)18-12-10-19-9-8-14(12)21-16-7-3-6-15(20-13)17(16)18/h1-10H. The number of benzene rings is 2. The van der Waals surface area contributed by atoms with Crippen molar-refractivity contribution in [3.8, 4) is 23.0 Å². The summed E-state index contributed by atoms with van der Waals surface area (Å²) in [6, 6.07) is 16.0. The molecule has 0 saturated carbocycles. The molecule has 0 saturated heterocycles. The number of pyridine rings is 1. The zero-order valence-corrected chi connectivity index (χ0v) is 11.1. The molecule has 2 aromatic carbocycles. The Bertz CT molecular complexity index is 810. The van der Waals surface area contributed by atoms with Gasteiger partial charge in [0.15, 0.2) is 0 Å². The third kappa shape index (κ3) is 1.42. The highest BCUT2D eigenvalue weighted by molar-refractivity contribution is 6.98. The summed E-state index contributed by atoms with van der Waals surface area (Å²) in [6.07, 6.45) is 3.65. The highest BCUT2D eigenvalue weighted by atomic mass is 16.5. The lowest BCUT2D eigenvalue weighted by molar-refractivity contribution is 0.464. The monoisotopic (exact) mass is 271 g/mol. The maximum absolute atomic E-state index is 6.04. The molecule has 3 nitrogen and oxygen atoms in total. The van der Waals surface area contributed by atoms with Gasteiger partial charge in [-0.25, -0.2) is 0 Å². The van der Waals surface area contributed by atoms with Crippen LogP contribution in [-0.2, 0) is 0 Å². The molecule has 0 N–H and O–H groups in total. The highest BCUT2D eigenvalue weighted by Gasteiger charge is 2.39. The van der Waals surface area contributed by atoms with Crippen molar-refractivity contribution in [2.24, 2.45) is 0 Å². The molecule has 1 aromatic heterocycles. The van der Waals surface area contributed by atoms with E-state index in [0.29, 0.717) is 0 Å². The van der Waals surface area contributed by atoms with Crippen molar-refractivity contribution in [2.75, 3.05) is 0 Å². The second kappa shape index (κ2) is 3.89. The third-order valence-electron chi connectivity index (χ3n) is 4.11. The molecule has 2 aliphatic rings. The lowest BCUT2D eigenvalue weighted by Crippen LogP contribution is -2.57. The van der Waals surface area contributed by atoms with Crippen molar-refractivity contribution in [2.45, 2.75) is 0 Å². The van der Waals surface area contributed by atoms with Crippen LogP contribution in [0.2, 0.25) is 0 Å². The van der Waals surface area contributed by atoms with Crippen LogP contribution >= 0.6 is 0 Å². The van der Waals surface area contributed by atoms with E-state index in [1.807, 2.05) is 48.7 Å². The van der Waals surface area contributed by atoms with E-state index in [1.165, 1.54) is 0 Å². The van der Waals surface area contributed by atoms with E-state index >= 15 is 0 Å². The molecule has 0 radical (unpaired) electrons. The summed E-state index contributed by atoms with van der Waals surface area (Å²) in [4.78, 5) is 4.27. The van der Waals surface area contributed by atoms with Gasteiger partial charge in [-0.3, -0.25) is 4.98 Å². The molecule has 3 heterocycles. The summed E-state index contributed by atoms with van der Waals surface area (Å²) in [5.74, 6) is 3.51. The Hall–Kier alpha value is -2.75. The van der Waals surface area contributed by atoms with Crippen LogP contribution < -0.4 is 25.9 Å². The van der Waals surface area contributed by atoms with Crippen LogP contribution in [0.3, 0.4) is 0 Å². The van der Waals surface area contributed by atoms with Gasteiger partial charge in [-0.05, 0) is 35.2 Å². The highest BCUT2D eigenvalue weighted by Crippen LogP contribution is 2.33. The molecule has 0 bridgehead atoms. The third-order valence-corrected chi connectivity index (χ3v) is 4.11. The van der Waals surface area contributed by atoms with E-state index in [4.69, 9.17) is 9.47 Å². The van der Waals surface area contributed by atoms with Gasteiger partial charge in [-0.1, -0.05) is 24.3 Å².